The van der Waals surface area contributed by atoms with Gasteiger partial charge in [0.25, 0.3) is 0 Å². The van der Waals surface area contributed by atoms with Crippen molar-refractivity contribution >= 4 is 0 Å². The molecule has 1 heteroatoms. The molecule has 0 radical (unpaired) electrons. The predicted octanol–water partition coefficient (Wildman–Crippen LogP) is 2.84. The molecule has 1 aliphatic rings. The summed E-state index contributed by atoms with van der Waals surface area (Å²) >= 11 is 0. The lowest BCUT2D eigenvalue weighted by Gasteiger charge is -1.94. The van der Waals surface area contributed by atoms with Crippen LogP contribution in [-0.4, -0.2) is 6.61 Å². The van der Waals surface area contributed by atoms with Crippen molar-refractivity contribution < 1.29 is 4.74 Å². The molecule has 0 bridgehead atoms. The maximum atomic E-state index is 4.80. The van der Waals surface area contributed by atoms with Crippen LogP contribution in [0.5, 0.6) is 0 Å². The van der Waals surface area contributed by atoms with Gasteiger partial charge in [0.1, 0.15) is 6.61 Å². The van der Waals surface area contributed by atoms with Gasteiger partial charge >= 0.3 is 0 Å². The Morgan fingerprint density at radius 2 is 2.18 bits per heavy atom. The third-order valence-electron chi connectivity index (χ3n) is 0.963. The van der Waals surface area contributed by atoms with Crippen LogP contribution in [0.2, 0.25) is 0 Å². The van der Waals surface area contributed by atoms with Crippen molar-refractivity contribution in [3.63, 3.8) is 0 Å². The molecular weight excluding hydrogens is 136 g/mol. The molecule has 0 saturated carbocycles. The number of rotatable bonds is 1. The summed E-state index contributed by atoms with van der Waals surface area (Å²) in [5.74, 6) is 0. The van der Waals surface area contributed by atoms with Gasteiger partial charge in [0.15, 0.2) is 0 Å². The minimum atomic E-state index is 0.733. The first kappa shape index (κ1) is 9.76. The van der Waals surface area contributed by atoms with Crippen LogP contribution in [0, 0.1) is 0 Å². The zero-order valence-corrected chi connectivity index (χ0v) is 6.92. The lowest BCUT2D eigenvalue weighted by molar-refractivity contribution is 0.286. The molecule has 0 aromatic carbocycles. The Bertz CT molecular complexity index is 163. The van der Waals surface area contributed by atoms with Gasteiger partial charge in [0.2, 0.25) is 0 Å². The van der Waals surface area contributed by atoms with E-state index in [2.05, 4.69) is 13.2 Å². The molecule has 0 aromatic rings. The number of hydrogen-bond acceptors (Lipinski definition) is 1. The summed E-state index contributed by atoms with van der Waals surface area (Å²) in [6.45, 7) is 9.66. The number of hydrogen-bond donors (Lipinski definition) is 0. The predicted molar refractivity (Wildman–Crippen MR) is 49.2 cm³/mol. The fourth-order valence-corrected chi connectivity index (χ4v) is 0.346. The van der Waals surface area contributed by atoms with Crippen LogP contribution in [0.4, 0.5) is 0 Å². The first-order valence-electron chi connectivity index (χ1n) is 3.48. The van der Waals surface area contributed by atoms with E-state index in [1.54, 1.807) is 12.3 Å². The van der Waals surface area contributed by atoms with Crippen LogP contribution in [0.3, 0.4) is 0 Å². The maximum absolute atomic E-state index is 4.80. The van der Waals surface area contributed by atoms with Gasteiger partial charge in [0.05, 0.1) is 6.26 Å². The molecule has 0 fully saturated rings. The Morgan fingerprint density at radius 3 is 2.27 bits per heavy atom. The Labute approximate surface area is 68.4 Å². The van der Waals surface area contributed by atoms with Crippen molar-refractivity contribution in [3.8, 4) is 0 Å². The molecule has 1 heterocycles. The first-order valence-corrected chi connectivity index (χ1v) is 3.48. The molecule has 1 aliphatic heterocycles. The molecule has 1 rings (SSSR count). The number of ether oxygens (including phenoxy) is 1. The first-order chi connectivity index (χ1) is 5.27. The van der Waals surface area contributed by atoms with Crippen molar-refractivity contribution in [3.05, 3.63) is 49.3 Å². The topological polar surface area (TPSA) is 9.23 Å². The van der Waals surface area contributed by atoms with Gasteiger partial charge in [0, 0.05) is 0 Å². The van der Waals surface area contributed by atoms with Crippen molar-refractivity contribution in [1.82, 2.24) is 0 Å². The molecule has 0 saturated heterocycles. The maximum Gasteiger partial charge on any atom is 0.106 e. The van der Waals surface area contributed by atoms with E-state index < -0.39 is 0 Å². The fourth-order valence-electron chi connectivity index (χ4n) is 0.346. The van der Waals surface area contributed by atoms with Gasteiger partial charge in [-0.1, -0.05) is 30.9 Å². The van der Waals surface area contributed by atoms with Gasteiger partial charge in [-0.3, -0.25) is 0 Å². The fraction of sp³-hybridized carbons (Fsp3) is 0.200. The van der Waals surface area contributed by atoms with Crippen LogP contribution in [0.25, 0.3) is 0 Å². The smallest absolute Gasteiger partial charge is 0.106 e. The van der Waals surface area contributed by atoms with Crippen LogP contribution < -0.4 is 0 Å². The Kier molecular flexibility index (Phi) is 6.10. The molecule has 1 nitrogen and oxygen atoms in total. The Morgan fingerprint density at radius 1 is 1.55 bits per heavy atom. The van der Waals surface area contributed by atoms with E-state index in [1.807, 2.05) is 25.2 Å². The van der Waals surface area contributed by atoms with Crippen LogP contribution >= 0.6 is 0 Å². The van der Waals surface area contributed by atoms with Crippen molar-refractivity contribution in [2.75, 3.05) is 6.61 Å². The van der Waals surface area contributed by atoms with E-state index in [0.29, 0.717) is 0 Å². The molecular formula is C10H14O. The number of allylic oxidation sites excluding steroid dienone is 4. The summed E-state index contributed by atoms with van der Waals surface area (Å²) in [5, 5.41) is 0. The largest absolute Gasteiger partial charge is 0.497 e. The van der Waals surface area contributed by atoms with Gasteiger partial charge in [-0.25, -0.2) is 0 Å². The molecule has 0 N–H and O–H groups in total. The van der Waals surface area contributed by atoms with Crippen LogP contribution in [0.1, 0.15) is 6.92 Å². The third-order valence-corrected chi connectivity index (χ3v) is 0.963. The summed E-state index contributed by atoms with van der Waals surface area (Å²) in [4.78, 5) is 0. The quantitative estimate of drug-likeness (QED) is 0.522. The monoisotopic (exact) mass is 150 g/mol. The van der Waals surface area contributed by atoms with Gasteiger partial charge < -0.3 is 4.74 Å². The van der Waals surface area contributed by atoms with Crippen molar-refractivity contribution in [2.45, 2.75) is 6.92 Å². The average Bonchev–Trinajstić information content (AvgIpc) is 2.09. The van der Waals surface area contributed by atoms with E-state index >= 15 is 0 Å². The van der Waals surface area contributed by atoms with Crippen LogP contribution in [0.15, 0.2) is 49.3 Å². The van der Waals surface area contributed by atoms with Crippen LogP contribution in [-0.2, 0) is 4.74 Å². The Balaban J connectivity index is 0.000000187. The molecule has 0 atom stereocenters. The van der Waals surface area contributed by atoms with E-state index in [0.717, 1.165) is 12.2 Å². The highest BCUT2D eigenvalue weighted by Gasteiger charge is 1.75. The highest BCUT2D eigenvalue weighted by molar-refractivity contribution is 5.06. The SMILES string of the molecule is C1=CCOC=C1.C=CC(=C)C. The second kappa shape index (κ2) is 6.87. The van der Waals surface area contributed by atoms with Gasteiger partial charge in [-0.15, -0.1) is 0 Å². The minimum absolute atomic E-state index is 0.733. The Hall–Kier alpha value is -1.24. The highest BCUT2D eigenvalue weighted by atomic mass is 16.5. The van der Waals surface area contributed by atoms with E-state index in [1.165, 1.54) is 0 Å². The lowest BCUT2D eigenvalue weighted by Crippen LogP contribution is -1.82. The third kappa shape index (κ3) is 8.76. The zero-order valence-electron chi connectivity index (χ0n) is 6.92. The normalized spacial score (nSPS) is 12.5. The lowest BCUT2D eigenvalue weighted by atomic mass is 10.4. The average molecular weight is 150 g/mol. The van der Waals surface area contributed by atoms with E-state index in [-0.39, 0.29) is 0 Å². The second-order valence-electron chi connectivity index (χ2n) is 2.14. The second-order valence-corrected chi connectivity index (χ2v) is 2.14. The zero-order chi connectivity index (χ0) is 8.53. The molecule has 0 amide bonds. The van der Waals surface area contributed by atoms with Gasteiger partial charge in [-0.05, 0) is 19.1 Å². The van der Waals surface area contributed by atoms with Gasteiger partial charge in [-0.2, -0.15) is 0 Å². The summed E-state index contributed by atoms with van der Waals surface area (Å²) in [6.07, 6.45) is 9.19. The summed E-state index contributed by atoms with van der Waals surface area (Å²) in [5.41, 5.74) is 1.02. The molecule has 0 spiro atoms. The van der Waals surface area contributed by atoms with E-state index in [4.69, 9.17) is 4.74 Å². The molecule has 0 aliphatic carbocycles. The van der Waals surface area contributed by atoms with Crippen molar-refractivity contribution in [1.29, 1.82) is 0 Å². The molecule has 60 valence electrons. The summed E-state index contributed by atoms with van der Waals surface area (Å²) in [7, 11) is 0. The molecule has 11 heavy (non-hydrogen) atoms. The molecule has 0 aromatic heterocycles. The summed E-state index contributed by atoms with van der Waals surface area (Å²) in [6, 6.07) is 0. The molecule has 0 unspecified atom stereocenters. The standard InChI is InChI=1S/C5H6O.C5H8/c1-2-4-6-5-3-1;1-4-5(2)3/h1-4H,5H2;4H,1-2H2,3H3. The minimum Gasteiger partial charge on any atom is -0.497 e. The van der Waals surface area contributed by atoms with E-state index in [9.17, 15) is 0 Å². The highest BCUT2D eigenvalue weighted by Crippen LogP contribution is 1.87. The van der Waals surface area contributed by atoms with Crippen molar-refractivity contribution in [2.24, 2.45) is 0 Å². The summed E-state index contributed by atoms with van der Waals surface area (Å²) < 4.78 is 4.80.